The minimum Gasteiger partial charge on any atom is -0.444 e. The predicted molar refractivity (Wildman–Crippen MR) is 79.9 cm³/mol. The molecule has 0 saturated carbocycles. The van der Waals surface area contributed by atoms with E-state index < -0.39 is 11.7 Å². The second-order valence-electron chi connectivity index (χ2n) is 7.16. The molecule has 0 aromatic carbocycles. The number of hydrogen-bond donors (Lipinski definition) is 2. The molecule has 2 amide bonds. The van der Waals surface area contributed by atoms with Gasteiger partial charge >= 0.3 is 6.09 Å². The summed E-state index contributed by atoms with van der Waals surface area (Å²) in [7, 11) is 0. The van der Waals surface area contributed by atoms with Crippen LogP contribution in [0.1, 0.15) is 40.5 Å². The van der Waals surface area contributed by atoms with Gasteiger partial charge in [-0.3, -0.25) is 4.79 Å². The van der Waals surface area contributed by atoms with Crippen molar-refractivity contribution in [2.24, 2.45) is 5.92 Å². The molecule has 21 heavy (non-hydrogen) atoms. The Balaban J connectivity index is 1.94. The molecule has 1 unspecified atom stereocenters. The summed E-state index contributed by atoms with van der Waals surface area (Å²) >= 11 is 0. The zero-order valence-corrected chi connectivity index (χ0v) is 13.4. The highest BCUT2D eigenvalue weighted by atomic mass is 16.6. The van der Waals surface area contributed by atoms with Crippen LogP contribution in [-0.2, 0) is 9.53 Å². The smallest absolute Gasteiger partial charge is 0.407 e. The molecule has 6 nitrogen and oxygen atoms in total. The number of ether oxygens (including phenoxy) is 1. The second kappa shape index (κ2) is 6.22. The van der Waals surface area contributed by atoms with E-state index in [2.05, 4.69) is 17.6 Å². The highest BCUT2D eigenvalue weighted by molar-refractivity contribution is 5.78. The zero-order chi connectivity index (χ0) is 15.6. The molecule has 0 aromatic rings. The first-order valence-corrected chi connectivity index (χ1v) is 7.76. The van der Waals surface area contributed by atoms with Crippen molar-refractivity contribution in [2.45, 2.75) is 58.2 Å². The van der Waals surface area contributed by atoms with Crippen molar-refractivity contribution in [1.82, 2.24) is 15.5 Å². The Kier molecular flexibility index (Phi) is 4.76. The highest BCUT2D eigenvalue weighted by Crippen LogP contribution is 2.22. The van der Waals surface area contributed by atoms with Crippen molar-refractivity contribution in [3.8, 4) is 0 Å². The van der Waals surface area contributed by atoms with Gasteiger partial charge in [-0.05, 0) is 33.1 Å². The fourth-order valence-electron chi connectivity index (χ4n) is 2.95. The molecule has 2 N–H and O–H groups in total. The summed E-state index contributed by atoms with van der Waals surface area (Å²) in [5, 5.41) is 6.15. The first-order chi connectivity index (χ1) is 9.76. The van der Waals surface area contributed by atoms with Gasteiger partial charge in [0.1, 0.15) is 5.60 Å². The molecule has 2 heterocycles. The molecule has 2 aliphatic rings. The lowest BCUT2D eigenvalue weighted by Crippen LogP contribution is -2.55. The molecule has 0 aromatic heterocycles. The molecular weight excluding hydrogens is 270 g/mol. The summed E-state index contributed by atoms with van der Waals surface area (Å²) in [4.78, 5) is 26.0. The number of piperidine rings is 1. The van der Waals surface area contributed by atoms with Crippen LogP contribution in [0.25, 0.3) is 0 Å². The van der Waals surface area contributed by atoms with Crippen molar-refractivity contribution in [2.75, 3.05) is 19.6 Å². The van der Waals surface area contributed by atoms with E-state index in [-0.39, 0.29) is 18.0 Å². The number of nitrogens with one attached hydrogen (secondary N) is 2. The van der Waals surface area contributed by atoms with Crippen LogP contribution >= 0.6 is 0 Å². The van der Waals surface area contributed by atoms with Crippen LogP contribution in [0.4, 0.5) is 4.79 Å². The number of nitrogens with zero attached hydrogens (tertiary/aromatic N) is 1. The van der Waals surface area contributed by atoms with E-state index in [1.807, 2.05) is 25.7 Å². The van der Waals surface area contributed by atoms with E-state index in [0.717, 1.165) is 19.5 Å². The Bertz CT molecular complexity index is 405. The lowest BCUT2D eigenvalue weighted by atomic mass is 9.96. The monoisotopic (exact) mass is 297 g/mol. The molecule has 2 fully saturated rings. The van der Waals surface area contributed by atoms with Crippen LogP contribution in [0.5, 0.6) is 0 Å². The van der Waals surface area contributed by atoms with Crippen molar-refractivity contribution in [3.63, 3.8) is 0 Å². The van der Waals surface area contributed by atoms with Gasteiger partial charge in [0.05, 0.1) is 12.1 Å². The Morgan fingerprint density at radius 2 is 2.10 bits per heavy atom. The maximum Gasteiger partial charge on any atom is 0.407 e. The molecule has 0 radical (unpaired) electrons. The van der Waals surface area contributed by atoms with Gasteiger partial charge in [0.15, 0.2) is 0 Å². The Morgan fingerprint density at radius 1 is 1.38 bits per heavy atom. The summed E-state index contributed by atoms with van der Waals surface area (Å²) in [6, 6.07) is -0.0604. The first kappa shape index (κ1) is 16.1. The summed E-state index contributed by atoms with van der Waals surface area (Å²) < 4.78 is 5.30. The van der Waals surface area contributed by atoms with E-state index in [9.17, 15) is 9.59 Å². The quantitative estimate of drug-likeness (QED) is 0.801. The highest BCUT2D eigenvalue weighted by Gasteiger charge is 2.38. The fourth-order valence-corrected chi connectivity index (χ4v) is 2.95. The minimum absolute atomic E-state index is 0.0255. The van der Waals surface area contributed by atoms with Crippen LogP contribution < -0.4 is 10.6 Å². The van der Waals surface area contributed by atoms with Gasteiger partial charge < -0.3 is 20.3 Å². The molecule has 2 aliphatic heterocycles. The van der Waals surface area contributed by atoms with Crippen LogP contribution in [0.2, 0.25) is 0 Å². The minimum atomic E-state index is -0.512. The van der Waals surface area contributed by atoms with Crippen LogP contribution in [-0.4, -0.2) is 54.2 Å². The number of carbonyl (C=O) groups is 2. The van der Waals surface area contributed by atoms with Gasteiger partial charge in [-0.1, -0.05) is 6.92 Å². The Labute approximate surface area is 126 Å². The zero-order valence-electron chi connectivity index (χ0n) is 13.4. The third-order valence-electron chi connectivity index (χ3n) is 3.99. The molecule has 2 rings (SSSR count). The maximum absolute atomic E-state index is 12.2. The number of rotatable bonds is 2. The standard InChI is InChI=1S/C15H27N3O3/c1-10-5-6-18(13(19)7-10)12-9-16-8-11(12)17-14(20)21-15(2,3)4/h10-12,16H,5-9H2,1-4H3,(H,17,20)/t10?,11-,12-/m0/s1. The van der Waals surface area contributed by atoms with Crippen molar-refractivity contribution < 1.29 is 14.3 Å². The molecule has 0 bridgehead atoms. The molecule has 6 heteroatoms. The molecule has 0 spiro atoms. The Hall–Kier alpha value is -1.30. The molecule has 3 atom stereocenters. The number of amides is 2. The number of hydrogen-bond acceptors (Lipinski definition) is 4. The predicted octanol–water partition coefficient (Wildman–Crippen LogP) is 1.11. The summed E-state index contributed by atoms with van der Waals surface area (Å²) in [6.45, 7) is 9.80. The summed E-state index contributed by atoms with van der Waals surface area (Å²) in [5.74, 6) is 0.652. The average Bonchev–Trinajstić information content (AvgIpc) is 2.74. The topological polar surface area (TPSA) is 70.7 Å². The Morgan fingerprint density at radius 3 is 2.71 bits per heavy atom. The van der Waals surface area contributed by atoms with Gasteiger partial charge in [0.2, 0.25) is 5.91 Å². The van der Waals surface area contributed by atoms with Gasteiger partial charge in [0.25, 0.3) is 0 Å². The number of carbonyl (C=O) groups excluding carboxylic acids is 2. The summed E-state index contributed by atoms with van der Waals surface area (Å²) in [6.07, 6.45) is 1.22. The first-order valence-electron chi connectivity index (χ1n) is 7.76. The van der Waals surface area contributed by atoms with Gasteiger partial charge in [-0.2, -0.15) is 0 Å². The van der Waals surface area contributed by atoms with Crippen molar-refractivity contribution in [1.29, 1.82) is 0 Å². The maximum atomic E-state index is 12.2. The SMILES string of the molecule is CC1CCN([C@H]2CNC[C@@H]2NC(=O)OC(C)(C)C)C(=O)C1. The van der Waals surface area contributed by atoms with Crippen LogP contribution in [0.3, 0.4) is 0 Å². The number of alkyl carbamates (subject to hydrolysis) is 1. The lowest BCUT2D eigenvalue weighted by Gasteiger charge is -2.37. The summed E-state index contributed by atoms with van der Waals surface area (Å²) in [5.41, 5.74) is -0.512. The van der Waals surface area contributed by atoms with Gasteiger partial charge in [-0.25, -0.2) is 4.79 Å². The van der Waals surface area contributed by atoms with Crippen LogP contribution in [0, 0.1) is 5.92 Å². The van der Waals surface area contributed by atoms with E-state index in [1.54, 1.807) is 0 Å². The van der Waals surface area contributed by atoms with Crippen molar-refractivity contribution in [3.05, 3.63) is 0 Å². The van der Waals surface area contributed by atoms with E-state index in [0.29, 0.717) is 18.9 Å². The molecule has 120 valence electrons. The van der Waals surface area contributed by atoms with E-state index >= 15 is 0 Å². The van der Waals surface area contributed by atoms with Gasteiger partial charge in [0, 0.05) is 26.1 Å². The van der Waals surface area contributed by atoms with E-state index in [4.69, 9.17) is 4.74 Å². The molecular formula is C15H27N3O3. The molecule has 0 aliphatic carbocycles. The largest absolute Gasteiger partial charge is 0.444 e. The van der Waals surface area contributed by atoms with Crippen LogP contribution in [0.15, 0.2) is 0 Å². The number of likely N-dealkylation sites (tertiary alicyclic amines) is 1. The molecule has 2 saturated heterocycles. The fraction of sp³-hybridized carbons (Fsp3) is 0.867. The third-order valence-corrected chi connectivity index (χ3v) is 3.99. The normalized spacial score (nSPS) is 30.4. The average molecular weight is 297 g/mol. The third kappa shape index (κ3) is 4.33. The van der Waals surface area contributed by atoms with Gasteiger partial charge in [-0.15, -0.1) is 0 Å². The lowest BCUT2D eigenvalue weighted by molar-refractivity contribution is -0.137. The van der Waals surface area contributed by atoms with E-state index in [1.165, 1.54) is 0 Å². The second-order valence-corrected chi connectivity index (χ2v) is 7.16. The van der Waals surface area contributed by atoms with Crippen molar-refractivity contribution >= 4 is 12.0 Å².